The minimum Gasteiger partial charge on any atom is -0.273 e. The molecule has 0 N–H and O–H groups in total. The predicted octanol–water partition coefficient (Wildman–Crippen LogP) is 1.10. The average Bonchev–Trinajstić information content (AvgIpc) is 3.08. The van der Waals surface area contributed by atoms with E-state index in [0.717, 1.165) is 0 Å². The molecule has 0 saturated heterocycles. The Hall–Kier alpha value is -1.98. The smallest absolute Gasteiger partial charge is 0.242 e. The van der Waals surface area contributed by atoms with Crippen molar-refractivity contribution in [1.82, 2.24) is 4.57 Å². The van der Waals surface area contributed by atoms with Crippen LogP contribution in [0.3, 0.4) is 0 Å². The monoisotopic (exact) mass is 249 g/mol. The molecular weight excluding hydrogens is 234 g/mol. The van der Waals surface area contributed by atoms with E-state index in [1.165, 1.54) is 4.57 Å². The number of pyridine rings is 1. The van der Waals surface area contributed by atoms with E-state index in [1.807, 2.05) is 13.8 Å². The van der Waals surface area contributed by atoms with Crippen LogP contribution in [0.25, 0.3) is 0 Å². The van der Waals surface area contributed by atoms with Crippen molar-refractivity contribution < 1.29 is 9.72 Å². The molecule has 0 aliphatic heterocycles. The minimum absolute atomic E-state index is 0.0666. The van der Waals surface area contributed by atoms with Crippen LogP contribution in [0, 0.1) is 16.0 Å². The number of nitro groups is 1. The quantitative estimate of drug-likeness (QED) is 0.594. The molecule has 0 aromatic carbocycles. The maximum Gasteiger partial charge on any atom is 0.242 e. The average molecular weight is 249 g/mol. The molecule has 2 atom stereocenters. The molecule has 2 rings (SSSR count). The first-order chi connectivity index (χ1) is 8.50. The van der Waals surface area contributed by atoms with E-state index in [-0.39, 0.29) is 16.9 Å². The predicted molar refractivity (Wildman–Crippen MR) is 64.6 cm³/mol. The lowest BCUT2D eigenvalue weighted by atomic mass is 10.3. The van der Waals surface area contributed by atoms with Gasteiger partial charge in [-0.2, -0.15) is 0 Å². The lowest BCUT2D eigenvalue weighted by molar-refractivity contribution is -0.497. The van der Waals surface area contributed by atoms with Crippen molar-refractivity contribution in [3.63, 3.8) is 0 Å². The fourth-order valence-electron chi connectivity index (χ4n) is 1.85. The van der Waals surface area contributed by atoms with Gasteiger partial charge in [-0.1, -0.05) is 6.07 Å². The number of hydrogen-bond donors (Lipinski definition) is 0. The zero-order chi connectivity index (χ0) is 13.3. The maximum absolute atomic E-state index is 12.1. The summed E-state index contributed by atoms with van der Waals surface area (Å²) in [7, 11) is 0. The van der Waals surface area contributed by atoms with E-state index in [4.69, 9.17) is 0 Å². The highest BCUT2D eigenvalue weighted by Crippen LogP contribution is 2.33. The van der Waals surface area contributed by atoms with Gasteiger partial charge in [0.2, 0.25) is 11.9 Å². The Morgan fingerprint density at radius 1 is 1.56 bits per heavy atom. The van der Waals surface area contributed by atoms with E-state index in [0.29, 0.717) is 11.9 Å². The molecule has 0 spiro atoms. The summed E-state index contributed by atoms with van der Waals surface area (Å²) in [6.45, 7) is 3.83. The van der Waals surface area contributed by atoms with Crippen molar-refractivity contribution in [1.29, 1.82) is 0 Å². The number of hydrogen-bond acceptors (Lipinski definition) is 4. The van der Waals surface area contributed by atoms with Crippen molar-refractivity contribution in [3.8, 4) is 0 Å². The maximum atomic E-state index is 12.1. The molecule has 1 aromatic heterocycles. The summed E-state index contributed by atoms with van der Waals surface area (Å²) in [6, 6.07) is 4.60. The van der Waals surface area contributed by atoms with Crippen LogP contribution in [-0.2, 0) is 0 Å². The Labute approximate surface area is 104 Å². The highest BCUT2D eigenvalue weighted by atomic mass is 16.6. The summed E-state index contributed by atoms with van der Waals surface area (Å²) in [5.41, 5.74) is 0.548. The van der Waals surface area contributed by atoms with Gasteiger partial charge in [-0.05, 0) is 26.0 Å². The van der Waals surface area contributed by atoms with Gasteiger partial charge in [0, 0.05) is 23.6 Å². The normalized spacial score (nSPS) is 23.2. The summed E-state index contributed by atoms with van der Waals surface area (Å²) in [5.74, 6) is -0.745. The number of carbonyl (C=O) groups is 1. The van der Waals surface area contributed by atoms with Crippen LogP contribution in [-0.4, -0.2) is 27.5 Å². The highest BCUT2D eigenvalue weighted by molar-refractivity contribution is 5.84. The van der Waals surface area contributed by atoms with Crippen LogP contribution in [0.5, 0.6) is 0 Å². The van der Waals surface area contributed by atoms with Crippen LogP contribution in [0.2, 0.25) is 0 Å². The van der Waals surface area contributed by atoms with Gasteiger partial charge in [0.05, 0.1) is 0 Å². The van der Waals surface area contributed by atoms with Gasteiger partial charge in [-0.3, -0.25) is 24.5 Å². The van der Waals surface area contributed by atoms with Crippen molar-refractivity contribution in [3.05, 3.63) is 40.0 Å². The topological polar surface area (TPSA) is 77.5 Å². The molecule has 1 heterocycles. The highest BCUT2D eigenvalue weighted by Gasteiger charge is 2.53. The molecule has 1 aromatic rings. The first kappa shape index (κ1) is 12.5. The number of rotatable bonds is 3. The SMILES string of the molecule is CC(C)N=c1ccccn1C(=O)[C@H]1C[C@@H]1[N+](=O)[O-]. The molecular formula is C12H15N3O3. The second-order valence-corrected chi connectivity index (χ2v) is 4.68. The van der Waals surface area contributed by atoms with Gasteiger partial charge in [0.15, 0.2) is 0 Å². The number of carbonyl (C=O) groups excluding carboxylic acids is 1. The van der Waals surface area contributed by atoms with E-state index in [2.05, 4.69) is 4.99 Å². The Kier molecular flexibility index (Phi) is 3.27. The van der Waals surface area contributed by atoms with Crippen LogP contribution < -0.4 is 5.49 Å². The van der Waals surface area contributed by atoms with Gasteiger partial charge in [0.25, 0.3) is 0 Å². The van der Waals surface area contributed by atoms with Crippen molar-refractivity contribution in [2.24, 2.45) is 10.9 Å². The Bertz CT molecular complexity index is 547. The van der Waals surface area contributed by atoms with Crippen molar-refractivity contribution >= 4 is 5.91 Å². The third-order valence-corrected chi connectivity index (χ3v) is 2.81. The third-order valence-electron chi connectivity index (χ3n) is 2.81. The molecule has 1 fully saturated rings. The van der Waals surface area contributed by atoms with Crippen LogP contribution in [0.1, 0.15) is 25.1 Å². The van der Waals surface area contributed by atoms with E-state index in [1.54, 1.807) is 24.4 Å². The molecule has 0 bridgehead atoms. The van der Waals surface area contributed by atoms with Gasteiger partial charge in [0.1, 0.15) is 11.4 Å². The molecule has 6 nitrogen and oxygen atoms in total. The van der Waals surface area contributed by atoms with Crippen molar-refractivity contribution in [2.45, 2.75) is 32.4 Å². The third kappa shape index (κ3) is 2.47. The van der Waals surface area contributed by atoms with E-state index >= 15 is 0 Å². The Morgan fingerprint density at radius 3 is 2.83 bits per heavy atom. The Morgan fingerprint density at radius 2 is 2.28 bits per heavy atom. The van der Waals surface area contributed by atoms with Gasteiger partial charge < -0.3 is 0 Å². The summed E-state index contributed by atoms with van der Waals surface area (Å²) in [6.07, 6.45) is 1.94. The van der Waals surface area contributed by atoms with Crippen LogP contribution in [0.4, 0.5) is 0 Å². The molecule has 1 saturated carbocycles. The fourth-order valence-corrected chi connectivity index (χ4v) is 1.85. The molecule has 96 valence electrons. The number of nitrogens with zero attached hydrogens (tertiary/aromatic N) is 3. The second kappa shape index (κ2) is 4.72. The number of aromatic nitrogens is 1. The van der Waals surface area contributed by atoms with Crippen LogP contribution in [0.15, 0.2) is 29.4 Å². The van der Waals surface area contributed by atoms with Crippen molar-refractivity contribution in [2.75, 3.05) is 0 Å². The van der Waals surface area contributed by atoms with Crippen LogP contribution >= 0.6 is 0 Å². The summed E-state index contributed by atoms with van der Waals surface area (Å²) < 4.78 is 1.41. The molecule has 0 unspecified atom stereocenters. The zero-order valence-electron chi connectivity index (χ0n) is 10.3. The summed E-state index contributed by atoms with van der Waals surface area (Å²) in [4.78, 5) is 26.7. The first-order valence-electron chi connectivity index (χ1n) is 5.90. The molecule has 0 amide bonds. The van der Waals surface area contributed by atoms with Gasteiger partial charge >= 0.3 is 0 Å². The molecule has 0 radical (unpaired) electrons. The van der Waals surface area contributed by atoms with Gasteiger partial charge in [-0.15, -0.1) is 0 Å². The Balaban J connectivity index is 2.30. The zero-order valence-corrected chi connectivity index (χ0v) is 10.3. The first-order valence-corrected chi connectivity index (χ1v) is 5.90. The standard InChI is InChI=1S/C12H15N3O3/c1-8(2)13-11-5-3-4-6-14(11)12(16)9-7-10(9)15(17)18/h3-6,8-10H,7H2,1-2H3/t9-,10-/m0/s1. The minimum atomic E-state index is -0.725. The fraction of sp³-hybridized carbons (Fsp3) is 0.500. The molecule has 18 heavy (non-hydrogen) atoms. The second-order valence-electron chi connectivity index (χ2n) is 4.68. The van der Waals surface area contributed by atoms with E-state index in [9.17, 15) is 14.9 Å². The molecule has 1 aliphatic rings. The molecule has 6 heteroatoms. The lowest BCUT2D eigenvalue weighted by Gasteiger charge is -2.05. The lowest BCUT2D eigenvalue weighted by Crippen LogP contribution is -2.30. The summed E-state index contributed by atoms with van der Waals surface area (Å²) >= 11 is 0. The molecule has 1 aliphatic carbocycles. The largest absolute Gasteiger partial charge is 0.273 e. The van der Waals surface area contributed by atoms with E-state index < -0.39 is 12.0 Å². The summed E-state index contributed by atoms with van der Waals surface area (Å²) in [5, 5.41) is 10.6. The van der Waals surface area contributed by atoms with Gasteiger partial charge in [-0.25, -0.2) is 0 Å².